The zero-order valence-corrected chi connectivity index (χ0v) is 10.1. The van der Waals surface area contributed by atoms with E-state index < -0.39 is 11.5 Å². The molecule has 1 aromatic rings. The summed E-state index contributed by atoms with van der Waals surface area (Å²) in [6.07, 6.45) is 0.548. The second-order valence-corrected chi connectivity index (χ2v) is 4.50. The van der Waals surface area contributed by atoms with Crippen LogP contribution in [0.15, 0.2) is 28.7 Å². The number of hydrogen-bond donors (Lipinski definition) is 2. The van der Waals surface area contributed by atoms with Gasteiger partial charge in [0.1, 0.15) is 0 Å². The van der Waals surface area contributed by atoms with Crippen molar-refractivity contribution in [2.24, 2.45) is 5.73 Å². The Morgan fingerprint density at radius 1 is 1.47 bits per heavy atom. The lowest BCUT2D eigenvalue weighted by atomic mass is 9.85. The average Bonchev–Trinajstić information content (AvgIpc) is 2.17. The van der Waals surface area contributed by atoms with E-state index in [1.54, 1.807) is 0 Å². The number of halogens is 1. The molecule has 1 rings (SSSR count). The minimum Gasteiger partial charge on any atom is -0.481 e. The predicted octanol–water partition coefficient (Wildman–Crippen LogP) is 2.49. The average molecular weight is 272 g/mol. The Labute approximate surface area is 97.4 Å². The Kier molecular flexibility index (Phi) is 3.88. The monoisotopic (exact) mass is 271 g/mol. The maximum absolute atomic E-state index is 10.7. The van der Waals surface area contributed by atoms with Crippen molar-refractivity contribution in [2.75, 3.05) is 0 Å². The molecule has 1 atom stereocenters. The van der Waals surface area contributed by atoms with Gasteiger partial charge in [0, 0.05) is 4.47 Å². The van der Waals surface area contributed by atoms with Crippen LogP contribution in [-0.2, 0) is 10.3 Å². The smallest absolute Gasteiger partial charge is 0.305 e. The van der Waals surface area contributed by atoms with Crippen LogP contribution in [0.1, 0.15) is 25.3 Å². The third-order valence-electron chi connectivity index (χ3n) is 2.52. The van der Waals surface area contributed by atoms with Crippen molar-refractivity contribution in [3.63, 3.8) is 0 Å². The number of carboxylic acid groups (broad SMARTS) is 1. The summed E-state index contributed by atoms with van der Waals surface area (Å²) in [7, 11) is 0. The Balaban J connectivity index is 3.00. The standard InChI is InChI=1S/C11H14BrNO2/c1-2-11(13,7-10(14)15)8-3-5-9(12)6-4-8/h3-6H,2,7,13H2,1H3,(H,14,15). The molecule has 0 bridgehead atoms. The van der Waals surface area contributed by atoms with E-state index in [2.05, 4.69) is 15.9 Å². The molecule has 1 unspecified atom stereocenters. The summed E-state index contributed by atoms with van der Waals surface area (Å²) in [5, 5.41) is 8.81. The molecule has 0 aliphatic heterocycles. The van der Waals surface area contributed by atoms with E-state index in [-0.39, 0.29) is 6.42 Å². The lowest BCUT2D eigenvalue weighted by Gasteiger charge is -2.26. The second-order valence-electron chi connectivity index (χ2n) is 3.59. The number of rotatable bonds is 4. The Morgan fingerprint density at radius 3 is 2.40 bits per heavy atom. The van der Waals surface area contributed by atoms with E-state index >= 15 is 0 Å². The highest BCUT2D eigenvalue weighted by Gasteiger charge is 2.28. The normalized spacial score (nSPS) is 14.6. The molecule has 1 aromatic carbocycles. The molecule has 0 aromatic heterocycles. The number of aliphatic carboxylic acids is 1. The van der Waals surface area contributed by atoms with Gasteiger partial charge in [0.25, 0.3) is 0 Å². The quantitative estimate of drug-likeness (QED) is 0.885. The summed E-state index contributed by atoms with van der Waals surface area (Å²) in [4.78, 5) is 10.7. The topological polar surface area (TPSA) is 63.3 Å². The molecule has 82 valence electrons. The van der Waals surface area contributed by atoms with Gasteiger partial charge in [0.2, 0.25) is 0 Å². The molecule has 0 heterocycles. The minimum atomic E-state index is -0.873. The summed E-state index contributed by atoms with van der Waals surface area (Å²) >= 11 is 3.33. The molecule has 0 saturated carbocycles. The molecule has 4 heteroatoms. The van der Waals surface area contributed by atoms with E-state index in [0.717, 1.165) is 10.0 Å². The molecular weight excluding hydrogens is 258 g/mol. The highest BCUT2D eigenvalue weighted by atomic mass is 79.9. The van der Waals surface area contributed by atoms with Gasteiger partial charge in [-0.05, 0) is 24.1 Å². The SMILES string of the molecule is CCC(N)(CC(=O)O)c1ccc(Br)cc1. The molecule has 0 radical (unpaired) electrons. The number of carboxylic acids is 1. The van der Waals surface area contributed by atoms with E-state index in [1.165, 1.54) is 0 Å². The molecule has 0 aliphatic rings. The van der Waals surface area contributed by atoms with Gasteiger partial charge in [0.05, 0.1) is 12.0 Å². The van der Waals surface area contributed by atoms with Crippen molar-refractivity contribution in [3.8, 4) is 0 Å². The van der Waals surface area contributed by atoms with Gasteiger partial charge in [-0.3, -0.25) is 4.79 Å². The van der Waals surface area contributed by atoms with Crippen molar-refractivity contribution in [3.05, 3.63) is 34.3 Å². The van der Waals surface area contributed by atoms with Gasteiger partial charge < -0.3 is 10.8 Å². The predicted molar refractivity (Wildman–Crippen MR) is 62.6 cm³/mol. The van der Waals surface area contributed by atoms with Crippen LogP contribution in [0.4, 0.5) is 0 Å². The molecule has 0 spiro atoms. The van der Waals surface area contributed by atoms with E-state index in [4.69, 9.17) is 10.8 Å². The molecule has 0 saturated heterocycles. The van der Waals surface area contributed by atoms with Crippen LogP contribution in [-0.4, -0.2) is 11.1 Å². The fourth-order valence-electron chi connectivity index (χ4n) is 1.48. The van der Waals surface area contributed by atoms with Crippen LogP contribution in [0.25, 0.3) is 0 Å². The zero-order chi connectivity index (χ0) is 11.5. The van der Waals surface area contributed by atoms with Crippen molar-refractivity contribution < 1.29 is 9.90 Å². The maximum atomic E-state index is 10.7. The fraction of sp³-hybridized carbons (Fsp3) is 0.364. The van der Waals surface area contributed by atoms with Crippen LogP contribution in [0.3, 0.4) is 0 Å². The summed E-state index contributed by atoms with van der Waals surface area (Å²) in [5.41, 5.74) is 6.16. The first-order valence-corrected chi connectivity index (χ1v) is 5.54. The van der Waals surface area contributed by atoms with Crippen LogP contribution in [0, 0.1) is 0 Å². The Bertz CT molecular complexity index is 350. The maximum Gasteiger partial charge on any atom is 0.305 e. The van der Waals surface area contributed by atoms with Crippen LogP contribution in [0.2, 0.25) is 0 Å². The number of carbonyl (C=O) groups is 1. The third-order valence-corrected chi connectivity index (χ3v) is 3.05. The van der Waals surface area contributed by atoms with Crippen LogP contribution in [0.5, 0.6) is 0 Å². The second kappa shape index (κ2) is 4.77. The molecule has 0 fully saturated rings. The fourth-order valence-corrected chi connectivity index (χ4v) is 1.75. The summed E-state index contributed by atoms with van der Waals surface area (Å²) in [5.74, 6) is -0.873. The molecule has 0 aliphatic carbocycles. The first kappa shape index (κ1) is 12.2. The lowest BCUT2D eigenvalue weighted by Crippen LogP contribution is -2.38. The highest BCUT2D eigenvalue weighted by molar-refractivity contribution is 9.10. The van der Waals surface area contributed by atoms with Gasteiger partial charge >= 0.3 is 5.97 Å². The molecule has 3 nitrogen and oxygen atoms in total. The summed E-state index contributed by atoms with van der Waals surface area (Å²) in [6.45, 7) is 1.89. The van der Waals surface area contributed by atoms with Gasteiger partial charge in [0.15, 0.2) is 0 Å². The largest absolute Gasteiger partial charge is 0.481 e. The zero-order valence-electron chi connectivity index (χ0n) is 8.53. The molecular formula is C11H14BrNO2. The third kappa shape index (κ3) is 3.04. The van der Waals surface area contributed by atoms with Gasteiger partial charge in [-0.2, -0.15) is 0 Å². The first-order chi connectivity index (χ1) is 6.98. The van der Waals surface area contributed by atoms with Crippen LogP contribution < -0.4 is 5.73 Å². The van der Waals surface area contributed by atoms with Gasteiger partial charge in [-0.15, -0.1) is 0 Å². The van der Waals surface area contributed by atoms with Crippen LogP contribution >= 0.6 is 15.9 Å². The highest BCUT2D eigenvalue weighted by Crippen LogP contribution is 2.27. The molecule has 0 amide bonds. The minimum absolute atomic E-state index is 0.0505. The lowest BCUT2D eigenvalue weighted by molar-refractivity contribution is -0.138. The number of benzene rings is 1. The van der Waals surface area contributed by atoms with Gasteiger partial charge in [-0.1, -0.05) is 35.0 Å². The van der Waals surface area contributed by atoms with Crippen molar-refractivity contribution in [2.45, 2.75) is 25.3 Å². The molecule has 3 N–H and O–H groups in total. The van der Waals surface area contributed by atoms with Crippen molar-refractivity contribution in [1.29, 1.82) is 0 Å². The van der Waals surface area contributed by atoms with Gasteiger partial charge in [-0.25, -0.2) is 0 Å². The molecule has 15 heavy (non-hydrogen) atoms. The summed E-state index contributed by atoms with van der Waals surface area (Å²) in [6, 6.07) is 7.45. The first-order valence-electron chi connectivity index (χ1n) is 4.74. The number of hydrogen-bond acceptors (Lipinski definition) is 2. The van der Waals surface area contributed by atoms with E-state index in [9.17, 15) is 4.79 Å². The van der Waals surface area contributed by atoms with Crippen molar-refractivity contribution in [1.82, 2.24) is 0 Å². The Morgan fingerprint density at radius 2 is 2.00 bits per heavy atom. The number of nitrogens with two attached hydrogens (primary N) is 1. The summed E-state index contributed by atoms with van der Waals surface area (Å²) < 4.78 is 0.958. The van der Waals surface area contributed by atoms with Crippen molar-refractivity contribution >= 4 is 21.9 Å². The van der Waals surface area contributed by atoms with E-state index in [0.29, 0.717) is 6.42 Å². The van der Waals surface area contributed by atoms with E-state index in [1.807, 2.05) is 31.2 Å². The Hall–Kier alpha value is -0.870.